The third-order valence-corrected chi connectivity index (χ3v) is 4.99. The topological polar surface area (TPSA) is 55.1 Å². The fourth-order valence-electron chi connectivity index (χ4n) is 2.64. The molecular formula is C16H17FN2OS. The van der Waals surface area contributed by atoms with Crippen molar-refractivity contribution in [3.05, 3.63) is 56.5 Å². The van der Waals surface area contributed by atoms with Crippen molar-refractivity contribution in [2.45, 2.75) is 32.4 Å². The molecule has 2 aromatic rings. The second-order valence-corrected chi connectivity index (χ2v) is 6.51. The Morgan fingerprint density at radius 1 is 1.29 bits per heavy atom. The van der Waals surface area contributed by atoms with Gasteiger partial charge in [-0.05, 0) is 43.0 Å². The lowest BCUT2D eigenvalue weighted by atomic mass is 10.1. The first kappa shape index (κ1) is 14.2. The van der Waals surface area contributed by atoms with Gasteiger partial charge in [0.25, 0.3) is 0 Å². The largest absolute Gasteiger partial charge is 0.366 e. The molecule has 1 aromatic carbocycles. The van der Waals surface area contributed by atoms with Crippen LogP contribution in [0.3, 0.4) is 0 Å². The molecule has 0 spiro atoms. The number of halogens is 1. The van der Waals surface area contributed by atoms with Crippen LogP contribution < -0.4 is 11.1 Å². The van der Waals surface area contributed by atoms with E-state index in [0.29, 0.717) is 12.1 Å². The zero-order valence-corrected chi connectivity index (χ0v) is 12.4. The van der Waals surface area contributed by atoms with Crippen molar-refractivity contribution in [2.24, 2.45) is 5.73 Å². The van der Waals surface area contributed by atoms with E-state index in [1.807, 2.05) is 11.3 Å². The Labute approximate surface area is 127 Å². The van der Waals surface area contributed by atoms with Crippen molar-refractivity contribution in [3.8, 4) is 0 Å². The number of carbonyl (C=O) groups is 1. The van der Waals surface area contributed by atoms with Crippen LogP contribution in [0, 0.1) is 5.82 Å². The van der Waals surface area contributed by atoms with E-state index in [9.17, 15) is 9.18 Å². The molecule has 0 aliphatic heterocycles. The number of nitrogens with two attached hydrogens (primary N) is 1. The van der Waals surface area contributed by atoms with Crippen LogP contribution in [0.1, 0.15) is 37.7 Å². The van der Waals surface area contributed by atoms with E-state index in [1.165, 1.54) is 40.6 Å². The minimum atomic E-state index is -0.610. The first-order chi connectivity index (χ1) is 10.1. The lowest BCUT2D eigenvalue weighted by Gasteiger charge is -2.06. The Morgan fingerprint density at radius 2 is 2.14 bits per heavy atom. The Morgan fingerprint density at radius 3 is 2.86 bits per heavy atom. The van der Waals surface area contributed by atoms with E-state index in [0.717, 1.165) is 6.54 Å². The molecule has 5 heteroatoms. The molecule has 21 heavy (non-hydrogen) atoms. The van der Waals surface area contributed by atoms with Crippen LogP contribution in [0.5, 0.6) is 0 Å². The number of aryl methyl sites for hydroxylation is 2. The summed E-state index contributed by atoms with van der Waals surface area (Å²) in [7, 11) is 0. The number of fused-ring (bicyclic) bond motifs is 1. The minimum absolute atomic E-state index is 0.200. The van der Waals surface area contributed by atoms with Gasteiger partial charge in [-0.25, -0.2) is 4.39 Å². The smallest absolute Gasteiger partial charge is 0.248 e. The molecule has 0 radical (unpaired) electrons. The normalized spacial score (nSPS) is 13.4. The Kier molecular flexibility index (Phi) is 4.03. The standard InChI is InChI=1S/C16H17FN2OS/c17-14-7-11(16(18)20)4-5-12(14)8-19-9-13-6-10-2-1-3-15(10)21-13/h4-7,19H,1-3,8-9H2,(H2,18,20). The van der Waals surface area contributed by atoms with Crippen LogP contribution in [0.2, 0.25) is 0 Å². The minimum Gasteiger partial charge on any atom is -0.366 e. The number of rotatable bonds is 5. The average Bonchev–Trinajstić information content (AvgIpc) is 3.01. The molecule has 1 aliphatic carbocycles. The quantitative estimate of drug-likeness (QED) is 0.892. The molecule has 1 aromatic heterocycles. The molecule has 0 fully saturated rings. The van der Waals surface area contributed by atoms with E-state index >= 15 is 0 Å². The fraction of sp³-hybridized carbons (Fsp3) is 0.312. The van der Waals surface area contributed by atoms with Crippen LogP contribution in [0.25, 0.3) is 0 Å². The number of hydrogen-bond acceptors (Lipinski definition) is 3. The number of thiophene rings is 1. The van der Waals surface area contributed by atoms with Crippen LogP contribution in [0.4, 0.5) is 4.39 Å². The van der Waals surface area contributed by atoms with Gasteiger partial charge in [-0.2, -0.15) is 0 Å². The van der Waals surface area contributed by atoms with Gasteiger partial charge in [-0.15, -0.1) is 11.3 Å². The highest BCUT2D eigenvalue weighted by atomic mass is 32.1. The molecule has 110 valence electrons. The van der Waals surface area contributed by atoms with E-state index in [2.05, 4.69) is 11.4 Å². The molecule has 3 rings (SSSR count). The monoisotopic (exact) mass is 304 g/mol. The summed E-state index contributed by atoms with van der Waals surface area (Å²) in [5.41, 5.74) is 7.35. The zero-order valence-electron chi connectivity index (χ0n) is 11.6. The maximum absolute atomic E-state index is 13.8. The van der Waals surface area contributed by atoms with Crippen molar-refractivity contribution < 1.29 is 9.18 Å². The van der Waals surface area contributed by atoms with Gasteiger partial charge in [-0.1, -0.05) is 6.07 Å². The summed E-state index contributed by atoms with van der Waals surface area (Å²) < 4.78 is 13.8. The Balaban J connectivity index is 1.58. The number of carbonyl (C=O) groups excluding carboxylic acids is 1. The first-order valence-electron chi connectivity index (χ1n) is 7.03. The highest BCUT2D eigenvalue weighted by Gasteiger charge is 2.14. The highest BCUT2D eigenvalue weighted by Crippen LogP contribution is 2.30. The van der Waals surface area contributed by atoms with Crippen molar-refractivity contribution in [2.75, 3.05) is 0 Å². The second-order valence-electron chi connectivity index (χ2n) is 5.29. The molecule has 3 N–H and O–H groups in total. The predicted molar refractivity (Wildman–Crippen MR) is 81.8 cm³/mol. The molecule has 0 saturated heterocycles. The van der Waals surface area contributed by atoms with Crippen molar-refractivity contribution in [1.29, 1.82) is 0 Å². The first-order valence-corrected chi connectivity index (χ1v) is 7.84. The summed E-state index contributed by atoms with van der Waals surface area (Å²) >= 11 is 1.85. The van der Waals surface area contributed by atoms with Crippen molar-refractivity contribution in [3.63, 3.8) is 0 Å². The number of nitrogens with one attached hydrogen (secondary N) is 1. The molecule has 3 nitrogen and oxygen atoms in total. The number of amides is 1. The predicted octanol–water partition coefficient (Wildman–Crippen LogP) is 2.76. The van der Waals surface area contributed by atoms with Gasteiger partial charge in [-0.3, -0.25) is 4.79 Å². The van der Waals surface area contributed by atoms with Gasteiger partial charge >= 0.3 is 0 Å². The van der Waals surface area contributed by atoms with Gasteiger partial charge in [0.1, 0.15) is 5.82 Å². The summed E-state index contributed by atoms with van der Waals surface area (Å²) in [6, 6.07) is 6.62. The lowest BCUT2D eigenvalue weighted by molar-refractivity contribution is 0.1000. The third-order valence-electron chi connectivity index (χ3n) is 3.75. The summed E-state index contributed by atoms with van der Waals surface area (Å²) in [4.78, 5) is 13.8. The molecule has 0 atom stereocenters. The van der Waals surface area contributed by atoms with Crippen LogP contribution in [-0.4, -0.2) is 5.91 Å². The Hall–Kier alpha value is -1.72. The van der Waals surface area contributed by atoms with Crippen molar-refractivity contribution in [1.82, 2.24) is 5.32 Å². The van der Waals surface area contributed by atoms with Crippen LogP contribution in [-0.2, 0) is 25.9 Å². The van der Waals surface area contributed by atoms with Gasteiger partial charge in [0.15, 0.2) is 0 Å². The van der Waals surface area contributed by atoms with E-state index in [4.69, 9.17) is 5.73 Å². The van der Waals surface area contributed by atoms with Gasteiger partial charge in [0.2, 0.25) is 5.91 Å². The molecule has 0 unspecified atom stereocenters. The average molecular weight is 304 g/mol. The molecule has 0 saturated carbocycles. The summed E-state index contributed by atoms with van der Waals surface area (Å²) in [5, 5.41) is 3.25. The molecule has 1 aliphatic rings. The fourth-order valence-corrected chi connectivity index (χ4v) is 3.87. The number of primary amides is 1. The van der Waals surface area contributed by atoms with E-state index in [-0.39, 0.29) is 5.56 Å². The van der Waals surface area contributed by atoms with Gasteiger partial charge < -0.3 is 11.1 Å². The highest BCUT2D eigenvalue weighted by molar-refractivity contribution is 7.12. The summed E-state index contributed by atoms with van der Waals surface area (Å²) in [6.45, 7) is 1.18. The summed E-state index contributed by atoms with van der Waals surface area (Å²) in [6.07, 6.45) is 3.66. The SMILES string of the molecule is NC(=O)c1ccc(CNCc2cc3c(s2)CCC3)c(F)c1. The summed E-state index contributed by atoms with van der Waals surface area (Å²) in [5.74, 6) is -1.01. The lowest BCUT2D eigenvalue weighted by Crippen LogP contribution is -2.15. The zero-order chi connectivity index (χ0) is 14.8. The molecule has 1 heterocycles. The maximum Gasteiger partial charge on any atom is 0.248 e. The van der Waals surface area contributed by atoms with Crippen molar-refractivity contribution >= 4 is 17.2 Å². The van der Waals surface area contributed by atoms with Crippen LogP contribution in [0.15, 0.2) is 24.3 Å². The molecule has 0 bridgehead atoms. The number of hydrogen-bond donors (Lipinski definition) is 2. The third kappa shape index (κ3) is 3.14. The second kappa shape index (κ2) is 5.95. The number of benzene rings is 1. The maximum atomic E-state index is 13.8. The van der Waals surface area contributed by atoms with Gasteiger partial charge in [0.05, 0.1) is 0 Å². The molecule has 1 amide bonds. The Bertz CT molecular complexity index is 659. The van der Waals surface area contributed by atoms with Crippen LogP contribution >= 0.6 is 11.3 Å². The van der Waals surface area contributed by atoms with E-state index in [1.54, 1.807) is 12.1 Å². The van der Waals surface area contributed by atoms with E-state index < -0.39 is 11.7 Å². The molecular weight excluding hydrogens is 287 g/mol. The van der Waals surface area contributed by atoms with Gasteiger partial charge in [0, 0.05) is 34.0 Å².